The molecule has 0 heterocycles. The molecule has 1 N–H and O–H groups in total. The summed E-state index contributed by atoms with van der Waals surface area (Å²) in [7, 11) is 0. The van der Waals surface area contributed by atoms with Crippen LogP contribution in [0.3, 0.4) is 0 Å². The molecule has 0 aromatic heterocycles. The van der Waals surface area contributed by atoms with Crippen molar-refractivity contribution in [3.05, 3.63) is 58.1 Å². The number of hydrogen-bond donors (Lipinski definition) is 1. The smallest absolute Gasteiger partial charge is 0.146 e. The fourth-order valence-corrected chi connectivity index (χ4v) is 2.00. The Bertz CT molecular complexity index is 675. The summed E-state index contributed by atoms with van der Waals surface area (Å²) in [5.41, 5.74) is 2.09. The monoisotopic (exact) mass is 287 g/mol. The molecule has 0 aliphatic heterocycles. The zero-order chi connectivity index (χ0) is 14.7. The van der Waals surface area contributed by atoms with Crippen LogP contribution >= 0.6 is 11.6 Å². The van der Waals surface area contributed by atoms with Crippen molar-refractivity contribution in [2.75, 3.05) is 0 Å². The van der Waals surface area contributed by atoms with Crippen molar-refractivity contribution in [1.29, 1.82) is 5.26 Å². The zero-order valence-electron chi connectivity index (χ0n) is 11.2. The van der Waals surface area contributed by atoms with Crippen LogP contribution in [-0.4, -0.2) is 5.11 Å². The second-order valence-electron chi connectivity index (χ2n) is 4.58. The lowest BCUT2D eigenvalue weighted by molar-refractivity contribution is 0.195. The Hall–Kier alpha value is -2.02. The van der Waals surface area contributed by atoms with Crippen molar-refractivity contribution in [1.82, 2.24) is 0 Å². The highest BCUT2D eigenvalue weighted by Gasteiger charge is 2.12. The van der Waals surface area contributed by atoms with Crippen LogP contribution in [0.5, 0.6) is 11.5 Å². The highest BCUT2D eigenvalue weighted by atomic mass is 35.5. The molecule has 102 valence electrons. The molecule has 0 fully saturated rings. The third kappa shape index (κ3) is 3.11. The lowest BCUT2D eigenvalue weighted by Gasteiger charge is -2.14. The van der Waals surface area contributed by atoms with Crippen LogP contribution in [0.15, 0.2) is 36.4 Å². The van der Waals surface area contributed by atoms with E-state index in [9.17, 15) is 5.11 Å². The van der Waals surface area contributed by atoms with Crippen LogP contribution in [0.4, 0.5) is 0 Å². The Labute approximate surface area is 123 Å². The SMILES string of the molecule is Cc1ccc(Cl)c(Oc2cc(C#N)ccc2[C@H](C)O)c1. The van der Waals surface area contributed by atoms with E-state index in [0.29, 0.717) is 27.6 Å². The minimum absolute atomic E-state index is 0.437. The lowest BCUT2D eigenvalue weighted by Crippen LogP contribution is -1.97. The minimum Gasteiger partial charge on any atom is -0.455 e. The number of ether oxygens (including phenoxy) is 1. The number of nitrogens with zero attached hydrogens (tertiary/aromatic N) is 1. The second-order valence-corrected chi connectivity index (χ2v) is 4.98. The molecule has 1 atom stereocenters. The number of benzene rings is 2. The topological polar surface area (TPSA) is 53.2 Å². The quantitative estimate of drug-likeness (QED) is 0.912. The Morgan fingerprint density at radius 1 is 1.20 bits per heavy atom. The fourth-order valence-electron chi connectivity index (χ4n) is 1.84. The zero-order valence-corrected chi connectivity index (χ0v) is 12.0. The predicted molar refractivity (Wildman–Crippen MR) is 78.1 cm³/mol. The van der Waals surface area contributed by atoms with Gasteiger partial charge in [-0.3, -0.25) is 0 Å². The standard InChI is InChI=1S/C16H14ClNO2/c1-10-3-6-14(17)16(7-10)20-15-8-12(9-18)4-5-13(15)11(2)19/h3-8,11,19H,1-2H3/t11-/m0/s1. The highest BCUT2D eigenvalue weighted by molar-refractivity contribution is 6.32. The number of hydrogen-bond acceptors (Lipinski definition) is 3. The highest BCUT2D eigenvalue weighted by Crippen LogP contribution is 2.34. The molecule has 4 heteroatoms. The molecule has 0 bridgehead atoms. The largest absolute Gasteiger partial charge is 0.455 e. The first-order valence-electron chi connectivity index (χ1n) is 6.17. The molecule has 0 saturated carbocycles. The summed E-state index contributed by atoms with van der Waals surface area (Å²) < 4.78 is 5.78. The molecule has 0 amide bonds. The maximum Gasteiger partial charge on any atom is 0.146 e. The summed E-state index contributed by atoms with van der Waals surface area (Å²) in [6, 6.07) is 12.4. The molecule has 20 heavy (non-hydrogen) atoms. The lowest BCUT2D eigenvalue weighted by atomic mass is 10.1. The summed E-state index contributed by atoms with van der Waals surface area (Å²) in [4.78, 5) is 0. The van der Waals surface area contributed by atoms with Crippen LogP contribution in [0.1, 0.15) is 29.7 Å². The summed E-state index contributed by atoms with van der Waals surface area (Å²) >= 11 is 6.10. The van der Waals surface area contributed by atoms with Gasteiger partial charge >= 0.3 is 0 Å². The van der Waals surface area contributed by atoms with Crippen molar-refractivity contribution >= 4 is 11.6 Å². The van der Waals surface area contributed by atoms with Gasteiger partial charge in [-0.05, 0) is 43.7 Å². The Kier molecular flexibility index (Phi) is 4.29. The van der Waals surface area contributed by atoms with Gasteiger partial charge < -0.3 is 9.84 Å². The van der Waals surface area contributed by atoms with E-state index in [1.54, 1.807) is 31.2 Å². The van der Waals surface area contributed by atoms with Gasteiger partial charge in [-0.25, -0.2) is 0 Å². The molecule has 2 rings (SSSR count). The predicted octanol–water partition coefficient (Wildman–Crippen LogP) is 4.37. The van der Waals surface area contributed by atoms with Crippen molar-refractivity contribution in [3.63, 3.8) is 0 Å². The van der Waals surface area contributed by atoms with Gasteiger partial charge in [0.25, 0.3) is 0 Å². The van der Waals surface area contributed by atoms with E-state index in [4.69, 9.17) is 21.6 Å². The molecule has 0 unspecified atom stereocenters. The van der Waals surface area contributed by atoms with Gasteiger partial charge in [-0.1, -0.05) is 23.7 Å². The third-order valence-corrected chi connectivity index (χ3v) is 3.21. The first kappa shape index (κ1) is 14.4. The Morgan fingerprint density at radius 2 is 1.95 bits per heavy atom. The van der Waals surface area contributed by atoms with E-state index >= 15 is 0 Å². The van der Waals surface area contributed by atoms with Crippen LogP contribution in [-0.2, 0) is 0 Å². The summed E-state index contributed by atoms with van der Waals surface area (Å²) in [6.45, 7) is 3.58. The molecule has 3 nitrogen and oxygen atoms in total. The number of aliphatic hydroxyl groups is 1. The van der Waals surface area contributed by atoms with Gasteiger partial charge in [0.15, 0.2) is 0 Å². The molecular weight excluding hydrogens is 274 g/mol. The molecule has 0 radical (unpaired) electrons. The molecule has 0 saturated heterocycles. The van der Waals surface area contributed by atoms with Crippen molar-refractivity contribution in [3.8, 4) is 17.6 Å². The average molecular weight is 288 g/mol. The van der Waals surface area contributed by atoms with Crippen LogP contribution in [0.2, 0.25) is 5.02 Å². The van der Waals surface area contributed by atoms with E-state index in [-0.39, 0.29) is 0 Å². The third-order valence-electron chi connectivity index (χ3n) is 2.90. The van der Waals surface area contributed by atoms with Gasteiger partial charge in [0.05, 0.1) is 22.8 Å². The first-order chi connectivity index (χ1) is 9.51. The van der Waals surface area contributed by atoms with E-state index < -0.39 is 6.10 Å². The fraction of sp³-hybridized carbons (Fsp3) is 0.188. The Morgan fingerprint density at radius 3 is 2.60 bits per heavy atom. The van der Waals surface area contributed by atoms with Crippen molar-refractivity contribution in [2.45, 2.75) is 20.0 Å². The normalized spacial score (nSPS) is 11.8. The summed E-state index contributed by atoms with van der Waals surface area (Å²) in [5.74, 6) is 0.940. The second kappa shape index (κ2) is 5.96. The average Bonchev–Trinajstić information content (AvgIpc) is 2.42. The van der Waals surface area contributed by atoms with Gasteiger partial charge in [0.1, 0.15) is 11.5 Å². The van der Waals surface area contributed by atoms with E-state index in [2.05, 4.69) is 6.07 Å². The summed E-state index contributed by atoms with van der Waals surface area (Å²) in [5, 5.41) is 19.2. The van der Waals surface area contributed by atoms with Crippen LogP contribution in [0, 0.1) is 18.3 Å². The van der Waals surface area contributed by atoms with Crippen molar-refractivity contribution < 1.29 is 9.84 Å². The number of halogens is 1. The number of aliphatic hydroxyl groups excluding tert-OH is 1. The van der Waals surface area contributed by atoms with Gasteiger partial charge in [-0.15, -0.1) is 0 Å². The maximum absolute atomic E-state index is 9.77. The molecule has 2 aromatic rings. The maximum atomic E-state index is 9.77. The Balaban J connectivity index is 2.46. The van der Waals surface area contributed by atoms with E-state index in [1.165, 1.54) is 0 Å². The number of nitriles is 1. The number of rotatable bonds is 3. The molecule has 0 spiro atoms. The minimum atomic E-state index is -0.693. The van der Waals surface area contributed by atoms with Crippen LogP contribution in [0.25, 0.3) is 0 Å². The van der Waals surface area contributed by atoms with E-state index in [1.807, 2.05) is 19.1 Å². The van der Waals surface area contributed by atoms with Crippen LogP contribution < -0.4 is 4.74 Å². The van der Waals surface area contributed by atoms with Gasteiger partial charge in [-0.2, -0.15) is 5.26 Å². The van der Waals surface area contributed by atoms with E-state index in [0.717, 1.165) is 5.56 Å². The number of aryl methyl sites for hydroxylation is 1. The molecular formula is C16H14ClNO2. The molecule has 0 aliphatic carbocycles. The molecule has 0 aliphatic rings. The first-order valence-corrected chi connectivity index (χ1v) is 6.55. The molecule has 2 aromatic carbocycles. The van der Waals surface area contributed by atoms with Gasteiger partial charge in [0, 0.05) is 5.56 Å². The summed E-state index contributed by atoms with van der Waals surface area (Å²) in [6.07, 6.45) is -0.693. The van der Waals surface area contributed by atoms with Gasteiger partial charge in [0.2, 0.25) is 0 Å². The van der Waals surface area contributed by atoms with Crippen molar-refractivity contribution in [2.24, 2.45) is 0 Å².